The van der Waals surface area contributed by atoms with Gasteiger partial charge < -0.3 is 16.0 Å². The molecule has 1 saturated heterocycles. The molecule has 1 aromatic heterocycles. The van der Waals surface area contributed by atoms with E-state index in [4.69, 9.17) is 5.73 Å². The van der Waals surface area contributed by atoms with E-state index < -0.39 is 0 Å². The van der Waals surface area contributed by atoms with Gasteiger partial charge in [0.1, 0.15) is 4.88 Å². The van der Waals surface area contributed by atoms with Gasteiger partial charge in [0.25, 0.3) is 5.91 Å². The van der Waals surface area contributed by atoms with E-state index in [9.17, 15) is 4.79 Å². The third-order valence-corrected chi connectivity index (χ3v) is 5.49. The maximum Gasteiger partial charge on any atom is 0.263 e. The second kappa shape index (κ2) is 7.16. The van der Waals surface area contributed by atoms with Gasteiger partial charge in [-0.05, 0) is 37.2 Å². The Morgan fingerprint density at radius 2 is 2.14 bits per heavy atom. The molecule has 21 heavy (non-hydrogen) atoms. The van der Waals surface area contributed by atoms with E-state index in [-0.39, 0.29) is 5.91 Å². The highest BCUT2D eigenvalue weighted by atomic mass is 32.1. The number of nitrogens with two attached hydrogens (primary N) is 1. The lowest BCUT2D eigenvalue weighted by Gasteiger charge is -2.34. The van der Waals surface area contributed by atoms with Crippen LogP contribution >= 0.6 is 11.3 Å². The number of anilines is 2. The van der Waals surface area contributed by atoms with Crippen molar-refractivity contribution in [3.05, 3.63) is 10.9 Å². The molecule has 1 aromatic rings. The van der Waals surface area contributed by atoms with Crippen molar-refractivity contribution in [2.45, 2.75) is 40.0 Å². The second-order valence-corrected chi connectivity index (χ2v) is 7.22. The zero-order chi connectivity index (χ0) is 15.4. The summed E-state index contributed by atoms with van der Waals surface area (Å²) >= 11 is 1.52. The number of nitrogens with one attached hydrogen (secondary N) is 1. The minimum atomic E-state index is -0.0392. The quantitative estimate of drug-likeness (QED) is 0.877. The molecule has 0 radical (unpaired) electrons. The van der Waals surface area contributed by atoms with Crippen molar-refractivity contribution in [1.29, 1.82) is 0 Å². The normalized spacial score (nSPS) is 16.5. The molecule has 0 aromatic carbocycles. The summed E-state index contributed by atoms with van der Waals surface area (Å²) in [4.78, 5) is 15.1. The molecule has 0 atom stereocenters. The second-order valence-electron chi connectivity index (χ2n) is 6.19. The molecule has 0 spiro atoms. The molecule has 1 amide bonds. The minimum absolute atomic E-state index is 0.0392. The van der Waals surface area contributed by atoms with Gasteiger partial charge in [-0.25, -0.2) is 0 Å². The fraction of sp³-hybridized carbons (Fsp3) is 0.688. The number of nitrogen functional groups attached to an aromatic ring is 1. The van der Waals surface area contributed by atoms with Crippen LogP contribution in [0.15, 0.2) is 6.07 Å². The zero-order valence-corrected chi connectivity index (χ0v) is 14.1. The average molecular weight is 309 g/mol. The number of amides is 1. The Morgan fingerprint density at radius 1 is 1.48 bits per heavy atom. The molecule has 118 valence electrons. The first-order chi connectivity index (χ1) is 10.0. The summed E-state index contributed by atoms with van der Waals surface area (Å²) in [5.41, 5.74) is 6.63. The van der Waals surface area contributed by atoms with Crippen molar-refractivity contribution in [2.24, 2.45) is 11.8 Å². The highest BCUT2D eigenvalue weighted by Gasteiger charge is 2.24. The van der Waals surface area contributed by atoms with Crippen LogP contribution in [-0.2, 0) is 0 Å². The maximum absolute atomic E-state index is 12.1. The molecule has 1 aliphatic rings. The fourth-order valence-electron chi connectivity index (χ4n) is 2.83. The van der Waals surface area contributed by atoms with E-state index in [2.05, 4.69) is 24.1 Å². The third kappa shape index (κ3) is 3.90. The predicted molar refractivity (Wildman–Crippen MR) is 91.1 cm³/mol. The van der Waals surface area contributed by atoms with E-state index in [0.29, 0.717) is 17.1 Å². The fourth-order valence-corrected chi connectivity index (χ4v) is 3.88. The Kier molecular flexibility index (Phi) is 5.51. The molecular weight excluding hydrogens is 282 g/mol. The first-order valence-corrected chi connectivity index (χ1v) is 8.77. The van der Waals surface area contributed by atoms with Gasteiger partial charge in [0.05, 0.1) is 10.7 Å². The Bertz CT molecular complexity index is 476. The van der Waals surface area contributed by atoms with Crippen LogP contribution in [0.5, 0.6) is 0 Å². The molecule has 5 heteroatoms. The van der Waals surface area contributed by atoms with E-state index in [0.717, 1.165) is 36.3 Å². The standard InChI is InChI=1S/C16H27N3OS/c1-4-7-18-16(20)15-13(17)10-14(21-15)19-8-5-12(6-9-19)11(2)3/h10-12H,4-9,17H2,1-3H3,(H,18,20). The average Bonchev–Trinajstić information content (AvgIpc) is 2.87. The Hall–Kier alpha value is -1.23. The highest BCUT2D eigenvalue weighted by molar-refractivity contribution is 7.18. The third-order valence-electron chi connectivity index (χ3n) is 4.28. The topological polar surface area (TPSA) is 58.4 Å². The molecule has 4 nitrogen and oxygen atoms in total. The van der Waals surface area contributed by atoms with E-state index in [1.54, 1.807) is 0 Å². The summed E-state index contributed by atoms with van der Waals surface area (Å²) < 4.78 is 0. The molecule has 2 rings (SSSR count). The lowest BCUT2D eigenvalue weighted by atomic mass is 9.87. The van der Waals surface area contributed by atoms with Crippen molar-refractivity contribution in [1.82, 2.24) is 5.32 Å². The molecule has 1 aliphatic heterocycles. The molecule has 1 fully saturated rings. The van der Waals surface area contributed by atoms with Crippen LogP contribution in [0.25, 0.3) is 0 Å². The van der Waals surface area contributed by atoms with Crippen LogP contribution < -0.4 is 16.0 Å². The van der Waals surface area contributed by atoms with Crippen LogP contribution in [0.4, 0.5) is 10.7 Å². The largest absolute Gasteiger partial charge is 0.397 e. The Morgan fingerprint density at radius 3 is 2.71 bits per heavy atom. The smallest absolute Gasteiger partial charge is 0.263 e. The van der Waals surface area contributed by atoms with Gasteiger partial charge in [-0.15, -0.1) is 11.3 Å². The molecule has 0 unspecified atom stereocenters. The molecule has 0 bridgehead atoms. The van der Waals surface area contributed by atoms with Gasteiger partial charge in [-0.2, -0.15) is 0 Å². The molecule has 2 heterocycles. The lowest BCUT2D eigenvalue weighted by Crippen LogP contribution is -2.34. The van der Waals surface area contributed by atoms with Crippen LogP contribution in [0.3, 0.4) is 0 Å². The summed E-state index contributed by atoms with van der Waals surface area (Å²) in [6.45, 7) is 9.49. The number of rotatable bonds is 5. The molecular formula is C16H27N3OS. The van der Waals surface area contributed by atoms with Gasteiger partial charge in [-0.1, -0.05) is 20.8 Å². The molecule has 3 N–H and O–H groups in total. The van der Waals surface area contributed by atoms with Crippen molar-refractivity contribution < 1.29 is 4.79 Å². The van der Waals surface area contributed by atoms with Crippen LogP contribution in [0, 0.1) is 11.8 Å². The number of piperidine rings is 1. The number of hydrogen-bond acceptors (Lipinski definition) is 4. The van der Waals surface area contributed by atoms with Gasteiger partial charge in [0, 0.05) is 19.6 Å². The van der Waals surface area contributed by atoms with Crippen LogP contribution in [-0.4, -0.2) is 25.5 Å². The zero-order valence-electron chi connectivity index (χ0n) is 13.3. The number of carbonyl (C=O) groups excluding carboxylic acids is 1. The summed E-state index contributed by atoms with van der Waals surface area (Å²) in [6, 6.07) is 1.96. The number of nitrogens with zero attached hydrogens (tertiary/aromatic N) is 1. The monoisotopic (exact) mass is 309 g/mol. The summed E-state index contributed by atoms with van der Waals surface area (Å²) in [5, 5.41) is 4.04. The van der Waals surface area contributed by atoms with Crippen molar-refractivity contribution in [3.8, 4) is 0 Å². The minimum Gasteiger partial charge on any atom is -0.397 e. The SMILES string of the molecule is CCCNC(=O)c1sc(N2CCC(C(C)C)CC2)cc1N. The number of thiophene rings is 1. The van der Waals surface area contributed by atoms with E-state index in [1.807, 2.05) is 13.0 Å². The first-order valence-electron chi connectivity index (χ1n) is 7.95. The van der Waals surface area contributed by atoms with Gasteiger partial charge >= 0.3 is 0 Å². The predicted octanol–water partition coefficient (Wildman–Crippen LogP) is 3.34. The highest BCUT2D eigenvalue weighted by Crippen LogP contribution is 2.35. The molecule has 0 aliphatic carbocycles. The van der Waals surface area contributed by atoms with Gasteiger partial charge in [-0.3, -0.25) is 4.79 Å². The van der Waals surface area contributed by atoms with Crippen LogP contribution in [0.2, 0.25) is 0 Å². The Labute approximate surface area is 131 Å². The van der Waals surface area contributed by atoms with E-state index in [1.165, 1.54) is 24.2 Å². The lowest BCUT2D eigenvalue weighted by molar-refractivity contribution is 0.0958. The summed E-state index contributed by atoms with van der Waals surface area (Å²) in [7, 11) is 0. The van der Waals surface area contributed by atoms with Crippen molar-refractivity contribution >= 4 is 27.9 Å². The van der Waals surface area contributed by atoms with E-state index >= 15 is 0 Å². The molecule has 0 saturated carbocycles. The number of hydrogen-bond donors (Lipinski definition) is 2. The first kappa shape index (κ1) is 16.1. The van der Waals surface area contributed by atoms with Crippen molar-refractivity contribution in [3.63, 3.8) is 0 Å². The Balaban J connectivity index is 2.01. The summed E-state index contributed by atoms with van der Waals surface area (Å²) in [5.74, 6) is 1.55. The van der Waals surface area contributed by atoms with Crippen molar-refractivity contribution in [2.75, 3.05) is 30.3 Å². The maximum atomic E-state index is 12.1. The van der Waals surface area contributed by atoms with Gasteiger partial charge in [0.2, 0.25) is 0 Å². The van der Waals surface area contributed by atoms with Crippen LogP contribution in [0.1, 0.15) is 49.7 Å². The number of carbonyl (C=O) groups is 1. The summed E-state index contributed by atoms with van der Waals surface area (Å²) in [6.07, 6.45) is 3.40. The van der Waals surface area contributed by atoms with Gasteiger partial charge in [0.15, 0.2) is 0 Å².